The molecule has 5 nitrogen and oxygen atoms in total. The normalized spacial score (nSPS) is 10.5. The van der Waals surface area contributed by atoms with E-state index in [-0.39, 0.29) is 5.15 Å². The maximum atomic E-state index is 9.18. The molecule has 2 heterocycles. The first kappa shape index (κ1) is 14.9. The minimum atomic E-state index is 0.241. The van der Waals surface area contributed by atoms with Gasteiger partial charge in [0.1, 0.15) is 28.2 Å². The van der Waals surface area contributed by atoms with E-state index in [1.807, 2.05) is 24.0 Å². The molecule has 0 atom stereocenters. The number of rotatable bonds is 6. The minimum absolute atomic E-state index is 0.241. The van der Waals surface area contributed by atoms with Crippen LogP contribution in [0.4, 0.5) is 5.00 Å². The van der Waals surface area contributed by atoms with Gasteiger partial charge in [-0.05, 0) is 30.6 Å². The number of anilines is 1. The van der Waals surface area contributed by atoms with Gasteiger partial charge < -0.3 is 14.1 Å². The van der Waals surface area contributed by atoms with Crippen molar-refractivity contribution in [3.05, 3.63) is 34.4 Å². The van der Waals surface area contributed by atoms with Crippen molar-refractivity contribution in [1.82, 2.24) is 4.37 Å². The molecule has 0 spiro atoms. The van der Waals surface area contributed by atoms with E-state index >= 15 is 0 Å². The second kappa shape index (κ2) is 6.75. The highest BCUT2D eigenvalue weighted by Crippen LogP contribution is 2.32. The molecule has 2 aromatic heterocycles. The molecule has 0 amide bonds. The first-order valence-electron chi connectivity index (χ1n) is 6.00. The van der Waals surface area contributed by atoms with Crippen LogP contribution in [0.5, 0.6) is 0 Å². The number of nitrogens with zero attached hydrogens (tertiary/aromatic N) is 3. The fraction of sp³-hybridized carbons (Fsp3) is 0.385. The molecule has 0 aliphatic rings. The maximum absolute atomic E-state index is 9.18. The average Bonchev–Trinajstić information content (AvgIpc) is 3.00. The minimum Gasteiger partial charge on any atom is -0.464 e. The Morgan fingerprint density at radius 1 is 1.55 bits per heavy atom. The predicted octanol–water partition coefficient (Wildman–Crippen LogP) is 3.22. The Morgan fingerprint density at radius 3 is 2.95 bits per heavy atom. The Labute approximate surface area is 126 Å². The zero-order valence-electron chi connectivity index (χ0n) is 11.2. The van der Waals surface area contributed by atoms with Crippen LogP contribution in [-0.2, 0) is 11.3 Å². The number of halogens is 1. The van der Waals surface area contributed by atoms with Crippen LogP contribution in [0.25, 0.3) is 0 Å². The van der Waals surface area contributed by atoms with Gasteiger partial charge in [-0.3, -0.25) is 0 Å². The molecule has 0 saturated carbocycles. The van der Waals surface area contributed by atoms with Crippen LogP contribution in [0.2, 0.25) is 5.15 Å². The largest absolute Gasteiger partial charge is 0.464 e. The van der Waals surface area contributed by atoms with Gasteiger partial charge in [0, 0.05) is 13.7 Å². The van der Waals surface area contributed by atoms with Crippen LogP contribution in [-0.4, -0.2) is 24.6 Å². The van der Waals surface area contributed by atoms with Gasteiger partial charge in [-0.2, -0.15) is 9.64 Å². The molecule has 106 valence electrons. The summed E-state index contributed by atoms with van der Waals surface area (Å²) in [6.45, 7) is 3.61. The van der Waals surface area contributed by atoms with E-state index in [4.69, 9.17) is 20.8 Å². The lowest BCUT2D eigenvalue weighted by atomic mass is 10.3. The number of furan rings is 1. The van der Waals surface area contributed by atoms with E-state index in [0.29, 0.717) is 25.3 Å². The van der Waals surface area contributed by atoms with Gasteiger partial charge in [-0.25, -0.2) is 0 Å². The van der Waals surface area contributed by atoms with E-state index < -0.39 is 0 Å². The summed E-state index contributed by atoms with van der Waals surface area (Å²) in [5, 5.41) is 10.2. The van der Waals surface area contributed by atoms with E-state index in [2.05, 4.69) is 10.4 Å². The third-order valence-electron chi connectivity index (χ3n) is 2.74. The van der Waals surface area contributed by atoms with Gasteiger partial charge in [0.05, 0.1) is 13.2 Å². The second-order valence-corrected chi connectivity index (χ2v) is 5.30. The van der Waals surface area contributed by atoms with E-state index in [1.54, 1.807) is 7.11 Å². The van der Waals surface area contributed by atoms with Crippen molar-refractivity contribution in [3.8, 4) is 6.07 Å². The van der Waals surface area contributed by atoms with Gasteiger partial charge in [0.15, 0.2) is 5.15 Å². The van der Waals surface area contributed by atoms with E-state index in [0.717, 1.165) is 16.5 Å². The molecule has 0 aliphatic heterocycles. The van der Waals surface area contributed by atoms with Crippen molar-refractivity contribution in [3.63, 3.8) is 0 Å². The molecular weight excluding hydrogens is 298 g/mol. The van der Waals surface area contributed by atoms with Crippen LogP contribution in [0.1, 0.15) is 17.1 Å². The maximum Gasteiger partial charge on any atom is 0.162 e. The smallest absolute Gasteiger partial charge is 0.162 e. The van der Waals surface area contributed by atoms with Crippen LogP contribution < -0.4 is 4.90 Å². The predicted molar refractivity (Wildman–Crippen MR) is 78.2 cm³/mol. The molecular formula is C13H14ClN3O2S. The number of hydrogen-bond acceptors (Lipinski definition) is 6. The summed E-state index contributed by atoms with van der Waals surface area (Å²) in [7, 11) is 1.64. The van der Waals surface area contributed by atoms with Crippen molar-refractivity contribution in [2.24, 2.45) is 0 Å². The number of nitriles is 1. The third kappa shape index (κ3) is 3.31. The molecule has 0 aromatic carbocycles. The highest BCUT2D eigenvalue weighted by Gasteiger charge is 2.19. The summed E-state index contributed by atoms with van der Waals surface area (Å²) in [4.78, 5) is 1.99. The number of hydrogen-bond donors (Lipinski definition) is 0. The van der Waals surface area contributed by atoms with E-state index in [1.165, 1.54) is 11.5 Å². The quantitative estimate of drug-likeness (QED) is 0.819. The van der Waals surface area contributed by atoms with Gasteiger partial charge in [-0.1, -0.05) is 11.6 Å². The number of ether oxygens (including phenoxy) is 1. The van der Waals surface area contributed by atoms with Crippen molar-refractivity contribution < 1.29 is 9.15 Å². The van der Waals surface area contributed by atoms with Gasteiger partial charge in [-0.15, -0.1) is 0 Å². The van der Waals surface area contributed by atoms with Crippen LogP contribution in [0.15, 0.2) is 16.5 Å². The first-order valence-corrected chi connectivity index (χ1v) is 7.15. The second-order valence-electron chi connectivity index (χ2n) is 4.19. The molecule has 20 heavy (non-hydrogen) atoms. The monoisotopic (exact) mass is 311 g/mol. The van der Waals surface area contributed by atoms with Crippen molar-refractivity contribution in [2.45, 2.75) is 13.5 Å². The Morgan fingerprint density at radius 2 is 2.35 bits per heavy atom. The highest BCUT2D eigenvalue weighted by molar-refractivity contribution is 7.10. The van der Waals surface area contributed by atoms with Crippen molar-refractivity contribution in [2.75, 3.05) is 25.2 Å². The Kier molecular flexibility index (Phi) is 5.01. The zero-order valence-corrected chi connectivity index (χ0v) is 12.8. The number of methoxy groups -OCH3 is 1. The lowest BCUT2D eigenvalue weighted by Crippen LogP contribution is -2.26. The molecule has 0 N–H and O–H groups in total. The van der Waals surface area contributed by atoms with Crippen LogP contribution in [0, 0.1) is 18.3 Å². The Balaban J connectivity index is 2.25. The molecule has 0 fully saturated rings. The number of aromatic nitrogens is 1. The molecule has 2 aromatic rings. The summed E-state index contributed by atoms with van der Waals surface area (Å²) in [5.41, 5.74) is 0.399. The van der Waals surface area contributed by atoms with E-state index in [9.17, 15) is 5.26 Å². The Bertz CT molecular complexity index is 617. The molecule has 7 heteroatoms. The van der Waals surface area contributed by atoms with Gasteiger partial charge >= 0.3 is 0 Å². The highest BCUT2D eigenvalue weighted by atomic mass is 35.5. The van der Waals surface area contributed by atoms with Gasteiger partial charge in [0.25, 0.3) is 0 Å². The third-order valence-corrected chi connectivity index (χ3v) is 4.02. The summed E-state index contributed by atoms with van der Waals surface area (Å²) in [6.07, 6.45) is 0. The molecule has 0 radical (unpaired) electrons. The van der Waals surface area contributed by atoms with Crippen molar-refractivity contribution >= 4 is 28.1 Å². The summed E-state index contributed by atoms with van der Waals surface area (Å²) in [5.74, 6) is 1.68. The van der Waals surface area contributed by atoms with Gasteiger partial charge in [0.2, 0.25) is 0 Å². The standard InChI is InChI=1S/C13H14ClN3O2S/c1-9-3-4-10(19-9)8-17(5-6-18-2)13-11(7-15)12(14)16-20-13/h3-4H,5-6,8H2,1-2H3. The Hall–Kier alpha value is -1.55. The average molecular weight is 312 g/mol. The molecule has 2 rings (SSSR count). The number of aryl methyl sites for hydroxylation is 1. The summed E-state index contributed by atoms with van der Waals surface area (Å²) < 4.78 is 14.7. The lowest BCUT2D eigenvalue weighted by Gasteiger charge is -2.21. The van der Waals surface area contributed by atoms with Crippen LogP contribution >= 0.6 is 23.1 Å². The van der Waals surface area contributed by atoms with Crippen molar-refractivity contribution in [1.29, 1.82) is 5.26 Å². The molecule has 0 aliphatic carbocycles. The lowest BCUT2D eigenvalue weighted by molar-refractivity contribution is 0.204. The first-order chi connectivity index (χ1) is 9.65. The molecule has 0 saturated heterocycles. The molecule has 0 bridgehead atoms. The fourth-order valence-electron chi connectivity index (χ4n) is 1.78. The topological polar surface area (TPSA) is 62.3 Å². The zero-order chi connectivity index (χ0) is 14.5. The summed E-state index contributed by atoms with van der Waals surface area (Å²) >= 11 is 7.14. The fourth-order valence-corrected chi connectivity index (χ4v) is 2.84. The SMILES string of the molecule is COCCN(Cc1ccc(C)o1)c1snc(Cl)c1C#N. The molecule has 0 unspecified atom stereocenters. The van der Waals surface area contributed by atoms with Crippen LogP contribution in [0.3, 0.4) is 0 Å². The summed E-state index contributed by atoms with van der Waals surface area (Å²) in [6, 6.07) is 5.93.